The van der Waals surface area contributed by atoms with Crippen LogP contribution in [0.1, 0.15) is 19.8 Å². The number of nitrogens with one attached hydrogen (secondary N) is 3. The van der Waals surface area contributed by atoms with Crippen LogP contribution >= 0.6 is 0 Å². The van der Waals surface area contributed by atoms with Crippen molar-refractivity contribution in [2.75, 3.05) is 47.4 Å². The number of carbonyl (C=O) groups excluding carboxylic acids is 1. The fourth-order valence-electron chi connectivity index (χ4n) is 3.09. The van der Waals surface area contributed by atoms with E-state index in [1.165, 1.54) is 0 Å². The second-order valence-electron chi connectivity index (χ2n) is 6.93. The number of rotatable bonds is 8. The van der Waals surface area contributed by atoms with Gasteiger partial charge in [0, 0.05) is 39.3 Å². The Hall–Kier alpha value is -2.48. The minimum atomic E-state index is -0.0277. The molecule has 8 nitrogen and oxygen atoms in total. The van der Waals surface area contributed by atoms with Crippen LogP contribution in [0.25, 0.3) is 0 Å². The van der Waals surface area contributed by atoms with Gasteiger partial charge in [-0.05, 0) is 31.9 Å². The van der Waals surface area contributed by atoms with Gasteiger partial charge in [-0.1, -0.05) is 6.07 Å². The quantitative estimate of drug-likeness (QED) is 0.450. The van der Waals surface area contributed by atoms with Crippen molar-refractivity contribution in [1.82, 2.24) is 20.9 Å². The summed E-state index contributed by atoms with van der Waals surface area (Å²) in [7, 11) is 5.08. The smallest absolute Gasteiger partial charge is 0.233 e. The molecule has 0 spiro atoms. The molecule has 1 unspecified atom stereocenters. The number of guanidine groups is 1. The number of piperidine rings is 1. The Bertz CT molecular complexity index is 644. The average Bonchev–Trinajstić information content (AvgIpc) is 2.72. The van der Waals surface area contributed by atoms with E-state index in [-0.39, 0.29) is 12.0 Å². The van der Waals surface area contributed by atoms with Crippen LogP contribution in [0.2, 0.25) is 0 Å². The van der Waals surface area contributed by atoms with Crippen LogP contribution in [-0.2, 0) is 4.79 Å². The number of aliphatic imine (C=N–C) groups is 1. The third-order valence-electron chi connectivity index (χ3n) is 4.73. The summed E-state index contributed by atoms with van der Waals surface area (Å²) in [4.78, 5) is 18.0. The molecule has 1 heterocycles. The van der Waals surface area contributed by atoms with Gasteiger partial charge in [-0.3, -0.25) is 14.7 Å². The Labute approximate surface area is 167 Å². The van der Waals surface area contributed by atoms with Gasteiger partial charge in [0.2, 0.25) is 5.91 Å². The van der Waals surface area contributed by atoms with E-state index >= 15 is 0 Å². The number of nitrogens with zero attached hydrogens (tertiary/aromatic N) is 2. The lowest BCUT2D eigenvalue weighted by molar-refractivity contribution is -0.122. The first-order valence-corrected chi connectivity index (χ1v) is 9.75. The summed E-state index contributed by atoms with van der Waals surface area (Å²) in [6.07, 6.45) is 1.93. The van der Waals surface area contributed by atoms with Gasteiger partial charge in [0.1, 0.15) is 17.6 Å². The number of hydrogen-bond donors (Lipinski definition) is 3. The zero-order chi connectivity index (χ0) is 20.4. The van der Waals surface area contributed by atoms with Gasteiger partial charge in [0.05, 0.1) is 20.2 Å². The minimum Gasteiger partial charge on any atom is -0.497 e. The molecule has 1 aromatic carbocycles. The SMILES string of the molecule is CN=C(NCC(C)Oc1cccc(OC)c1)NC1CCN(CC(=O)NC)CC1. The number of methoxy groups -OCH3 is 1. The maximum absolute atomic E-state index is 11.5. The molecule has 8 heteroatoms. The molecule has 1 atom stereocenters. The predicted octanol–water partition coefficient (Wildman–Crippen LogP) is 0.838. The molecule has 0 aromatic heterocycles. The lowest BCUT2D eigenvalue weighted by Gasteiger charge is -2.32. The Morgan fingerprint density at radius 3 is 2.68 bits per heavy atom. The largest absolute Gasteiger partial charge is 0.497 e. The van der Waals surface area contributed by atoms with E-state index in [1.54, 1.807) is 21.2 Å². The molecular weight excluding hydrogens is 358 g/mol. The van der Waals surface area contributed by atoms with Gasteiger partial charge in [-0.2, -0.15) is 0 Å². The van der Waals surface area contributed by atoms with Gasteiger partial charge < -0.3 is 25.4 Å². The third-order valence-corrected chi connectivity index (χ3v) is 4.73. The van der Waals surface area contributed by atoms with Crippen molar-refractivity contribution < 1.29 is 14.3 Å². The van der Waals surface area contributed by atoms with Gasteiger partial charge >= 0.3 is 0 Å². The van der Waals surface area contributed by atoms with Crippen molar-refractivity contribution in [3.05, 3.63) is 24.3 Å². The first-order chi connectivity index (χ1) is 13.5. The summed E-state index contributed by atoms with van der Waals surface area (Å²) >= 11 is 0. The molecule has 28 heavy (non-hydrogen) atoms. The van der Waals surface area contributed by atoms with E-state index < -0.39 is 0 Å². The molecule has 0 radical (unpaired) electrons. The van der Waals surface area contributed by atoms with Crippen LogP contribution in [0.3, 0.4) is 0 Å². The lowest BCUT2D eigenvalue weighted by atomic mass is 10.1. The van der Waals surface area contributed by atoms with Gasteiger partial charge in [0.15, 0.2) is 5.96 Å². The molecule has 0 saturated carbocycles. The summed E-state index contributed by atoms with van der Waals surface area (Å²) in [5.74, 6) is 2.39. The monoisotopic (exact) mass is 391 g/mol. The van der Waals surface area contributed by atoms with Crippen molar-refractivity contribution in [2.24, 2.45) is 4.99 Å². The van der Waals surface area contributed by atoms with E-state index in [4.69, 9.17) is 9.47 Å². The maximum Gasteiger partial charge on any atom is 0.233 e. The number of hydrogen-bond acceptors (Lipinski definition) is 5. The molecule has 2 rings (SSSR count). The summed E-state index contributed by atoms with van der Waals surface area (Å²) in [6, 6.07) is 7.93. The van der Waals surface area contributed by atoms with E-state index in [0.717, 1.165) is 43.4 Å². The van der Waals surface area contributed by atoms with Crippen LogP contribution in [0.15, 0.2) is 29.3 Å². The lowest BCUT2D eigenvalue weighted by Crippen LogP contribution is -2.51. The molecule has 1 aromatic rings. The first-order valence-electron chi connectivity index (χ1n) is 9.75. The maximum atomic E-state index is 11.5. The molecule has 0 bridgehead atoms. The number of ether oxygens (including phenoxy) is 2. The van der Waals surface area contributed by atoms with Crippen LogP contribution in [-0.4, -0.2) is 76.3 Å². The molecule has 156 valence electrons. The molecule has 1 amide bonds. The van der Waals surface area contributed by atoms with Crippen LogP contribution in [0.4, 0.5) is 0 Å². The fraction of sp³-hybridized carbons (Fsp3) is 0.600. The molecule has 1 aliphatic rings. The Kier molecular flexibility index (Phi) is 8.87. The van der Waals surface area contributed by atoms with Gasteiger partial charge in [0.25, 0.3) is 0 Å². The molecule has 1 fully saturated rings. The molecule has 1 saturated heterocycles. The van der Waals surface area contributed by atoms with Crippen molar-refractivity contribution in [3.8, 4) is 11.5 Å². The highest BCUT2D eigenvalue weighted by atomic mass is 16.5. The Morgan fingerprint density at radius 2 is 2.04 bits per heavy atom. The highest BCUT2D eigenvalue weighted by Crippen LogP contribution is 2.19. The van der Waals surface area contributed by atoms with Crippen LogP contribution in [0, 0.1) is 0 Å². The molecule has 1 aliphatic heterocycles. The summed E-state index contributed by atoms with van der Waals surface area (Å²) in [6.45, 7) is 4.91. The standard InChI is InChI=1S/C20H33N5O3/c1-15(28-18-7-5-6-17(12-18)27-4)13-23-20(22-3)24-16-8-10-25(11-9-16)14-19(26)21-2/h5-7,12,15-16H,8-11,13-14H2,1-4H3,(H,21,26)(H2,22,23,24). The average molecular weight is 392 g/mol. The van der Waals surface area contributed by atoms with E-state index in [1.807, 2.05) is 31.2 Å². The summed E-state index contributed by atoms with van der Waals surface area (Å²) in [5.41, 5.74) is 0. The Morgan fingerprint density at radius 1 is 1.32 bits per heavy atom. The highest BCUT2D eigenvalue weighted by Gasteiger charge is 2.21. The third kappa shape index (κ3) is 7.26. The number of carbonyl (C=O) groups is 1. The van der Waals surface area contributed by atoms with Crippen molar-refractivity contribution >= 4 is 11.9 Å². The van der Waals surface area contributed by atoms with E-state index in [2.05, 4.69) is 25.8 Å². The highest BCUT2D eigenvalue weighted by molar-refractivity contribution is 5.80. The van der Waals surface area contributed by atoms with Gasteiger partial charge in [-0.15, -0.1) is 0 Å². The second kappa shape index (κ2) is 11.4. The van der Waals surface area contributed by atoms with Crippen LogP contribution in [0.5, 0.6) is 11.5 Å². The minimum absolute atomic E-state index is 0.0277. The van der Waals surface area contributed by atoms with E-state index in [9.17, 15) is 4.79 Å². The number of benzene rings is 1. The molecular formula is C20H33N5O3. The van der Waals surface area contributed by atoms with Gasteiger partial charge in [-0.25, -0.2) is 0 Å². The second-order valence-corrected chi connectivity index (χ2v) is 6.93. The fourth-order valence-corrected chi connectivity index (χ4v) is 3.09. The normalized spacial score (nSPS) is 16.9. The number of likely N-dealkylation sites (N-methyl/N-ethyl adjacent to an activating group) is 1. The molecule has 3 N–H and O–H groups in total. The van der Waals surface area contributed by atoms with Crippen molar-refractivity contribution in [3.63, 3.8) is 0 Å². The first kappa shape index (κ1) is 21.8. The zero-order valence-corrected chi connectivity index (χ0v) is 17.3. The number of likely N-dealkylation sites (tertiary alicyclic amines) is 1. The Balaban J connectivity index is 1.72. The summed E-state index contributed by atoms with van der Waals surface area (Å²) in [5, 5.41) is 9.46. The zero-order valence-electron chi connectivity index (χ0n) is 17.3. The topological polar surface area (TPSA) is 87.2 Å². The van der Waals surface area contributed by atoms with Crippen LogP contribution < -0.4 is 25.4 Å². The van der Waals surface area contributed by atoms with E-state index in [0.29, 0.717) is 19.1 Å². The predicted molar refractivity (Wildman–Crippen MR) is 111 cm³/mol. The molecule has 0 aliphatic carbocycles. The van der Waals surface area contributed by atoms with Crippen molar-refractivity contribution in [1.29, 1.82) is 0 Å². The number of amides is 1. The van der Waals surface area contributed by atoms with Crippen molar-refractivity contribution in [2.45, 2.75) is 31.9 Å². The summed E-state index contributed by atoms with van der Waals surface area (Å²) < 4.78 is 11.2.